The first-order valence-electron chi connectivity index (χ1n) is 7.05. The van der Waals surface area contributed by atoms with Gasteiger partial charge in [-0.15, -0.1) is 11.8 Å². The minimum Gasteiger partial charge on any atom is -0.294 e. The monoisotopic (exact) mass is 318 g/mol. The van der Waals surface area contributed by atoms with Gasteiger partial charge in [-0.3, -0.25) is 4.79 Å². The van der Waals surface area contributed by atoms with E-state index in [0.29, 0.717) is 12.3 Å². The molecule has 0 saturated heterocycles. The number of benzene rings is 2. The Morgan fingerprint density at radius 3 is 2.24 bits per heavy atom. The smallest absolute Gasteiger partial charge is 0.163 e. The van der Waals surface area contributed by atoms with Crippen LogP contribution in [-0.4, -0.2) is 5.78 Å². The molecular weight excluding hydrogens is 300 g/mol. The van der Waals surface area contributed by atoms with Crippen LogP contribution in [0.5, 0.6) is 0 Å². The summed E-state index contributed by atoms with van der Waals surface area (Å²) in [5.74, 6) is 1.52. The molecule has 0 fully saturated rings. The molecule has 0 bridgehead atoms. The van der Waals surface area contributed by atoms with Crippen molar-refractivity contribution in [2.75, 3.05) is 0 Å². The number of hydrogen-bond acceptors (Lipinski definition) is 2. The Balaban J connectivity index is 1.93. The van der Waals surface area contributed by atoms with Crippen LogP contribution in [0.3, 0.4) is 0 Å². The summed E-state index contributed by atoms with van der Waals surface area (Å²) in [6, 6.07) is 15.8. The van der Waals surface area contributed by atoms with Gasteiger partial charge in [-0.05, 0) is 35.7 Å². The Morgan fingerprint density at radius 2 is 1.67 bits per heavy atom. The maximum absolute atomic E-state index is 12.0. The van der Waals surface area contributed by atoms with E-state index >= 15 is 0 Å². The van der Waals surface area contributed by atoms with E-state index in [1.165, 1.54) is 10.5 Å². The van der Waals surface area contributed by atoms with Crippen molar-refractivity contribution in [1.82, 2.24) is 0 Å². The van der Waals surface area contributed by atoms with Crippen LogP contribution in [0.2, 0.25) is 5.02 Å². The van der Waals surface area contributed by atoms with Crippen molar-refractivity contribution in [3.63, 3.8) is 0 Å². The minimum absolute atomic E-state index is 0.222. The molecule has 2 aromatic rings. The predicted molar refractivity (Wildman–Crippen MR) is 91.2 cm³/mol. The third-order valence-corrected chi connectivity index (χ3v) is 4.42. The molecule has 0 N–H and O–H groups in total. The Morgan fingerprint density at radius 1 is 1.05 bits per heavy atom. The van der Waals surface area contributed by atoms with Gasteiger partial charge >= 0.3 is 0 Å². The zero-order chi connectivity index (χ0) is 15.2. The Hall–Kier alpha value is -1.25. The van der Waals surface area contributed by atoms with Gasteiger partial charge in [0.25, 0.3) is 0 Å². The van der Waals surface area contributed by atoms with Crippen molar-refractivity contribution < 1.29 is 4.79 Å². The lowest BCUT2D eigenvalue weighted by molar-refractivity contribution is 0.0968. The SMILES string of the molecule is CC(C)CC(=O)c1ccc(SCc2ccc(Cl)cc2)cc1. The maximum Gasteiger partial charge on any atom is 0.163 e. The van der Waals surface area contributed by atoms with Gasteiger partial charge in [0.15, 0.2) is 5.78 Å². The average molecular weight is 319 g/mol. The molecule has 1 nitrogen and oxygen atoms in total. The lowest BCUT2D eigenvalue weighted by Crippen LogP contribution is -2.03. The van der Waals surface area contributed by atoms with E-state index in [4.69, 9.17) is 11.6 Å². The van der Waals surface area contributed by atoms with E-state index < -0.39 is 0 Å². The summed E-state index contributed by atoms with van der Waals surface area (Å²) in [7, 11) is 0. The van der Waals surface area contributed by atoms with Gasteiger partial charge in [-0.25, -0.2) is 0 Å². The standard InChI is InChI=1S/C18H19ClOS/c1-13(2)11-18(20)15-5-9-17(10-6-15)21-12-14-3-7-16(19)8-4-14/h3-10,13H,11-12H2,1-2H3. The van der Waals surface area contributed by atoms with Crippen molar-refractivity contribution in [3.05, 3.63) is 64.7 Å². The molecule has 0 saturated carbocycles. The number of hydrogen-bond donors (Lipinski definition) is 0. The highest BCUT2D eigenvalue weighted by Gasteiger charge is 2.08. The zero-order valence-corrected chi connectivity index (χ0v) is 13.9. The summed E-state index contributed by atoms with van der Waals surface area (Å²) >= 11 is 7.63. The fraction of sp³-hybridized carbons (Fsp3) is 0.278. The molecule has 110 valence electrons. The molecule has 0 amide bonds. The molecule has 0 aliphatic rings. The molecule has 0 radical (unpaired) electrons. The van der Waals surface area contributed by atoms with Crippen molar-refractivity contribution >= 4 is 29.1 Å². The van der Waals surface area contributed by atoms with Crippen molar-refractivity contribution in [2.45, 2.75) is 30.9 Å². The number of carbonyl (C=O) groups is 1. The summed E-state index contributed by atoms with van der Waals surface area (Å²) in [5, 5.41) is 0.761. The van der Waals surface area contributed by atoms with Crippen LogP contribution in [0.1, 0.15) is 36.2 Å². The first-order chi connectivity index (χ1) is 10.0. The quantitative estimate of drug-likeness (QED) is 0.490. The summed E-state index contributed by atoms with van der Waals surface area (Å²) in [6.45, 7) is 4.13. The normalized spacial score (nSPS) is 10.9. The molecule has 2 aromatic carbocycles. The van der Waals surface area contributed by atoms with Gasteiger partial charge < -0.3 is 0 Å². The van der Waals surface area contributed by atoms with Crippen LogP contribution in [0.25, 0.3) is 0 Å². The number of ketones is 1. The number of thioether (sulfide) groups is 1. The molecule has 0 aliphatic heterocycles. The summed E-state index contributed by atoms with van der Waals surface area (Å²) in [6.07, 6.45) is 0.608. The minimum atomic E-state index is 0.222. The summed E-state index contributed by atoms with van der Waals surface area (Å²) in [4.78, 5) is 13.1. The van der Waals surface area contributed by atoms with E-state index in [-0.39, 0.29) is 5.78 Å². The van der Waals surface area contributed by atoms with Gasteiger partial charge in [0.1, 0.15) is 0 Å². The fourth-order valence-electron chi connectivity index (χ4n) is 1.97. The van der Waals surface area contributed by atoms with Gasteiger partial charge in [0.05, 0.1) is 0 Å². The van der Waals surface area contributed by atoms with E-state index in [2.05, 4.69) is 13.8 Å². The van der Waals surface area contributed by atoms with Crippen LogP contribution in [0, 0.1) is 5.92 Å². The third kappa shape index (κ3) is 5.22. The second kappa shape index (κ2) is 7.67. The molecule has 0 unspecified atom stereocenters. The molecule has 0 spiro atoms. The first-order valence-corrected chi connectivity index (χ1v) is 8.41. The summed E-state index contributed by atoms with van der Waals surface area (Å²) < 4.78 is 0. The van der Waals surface area contributed by atoms with Gasteiger partial charge in [-0.1, -0.05) is 49.7 Å². The number of rotatable bonds is 6. The van der Waals surface area contributed by atoms with E-state index in [1.54, 1.807) is 11.8 Å². The average Bonchev–Trinajstić information content (AvgIpc) is 2.46. The molecule has 0 aromatic heterocycles. The fourth-order valence-corrected chi connectivity index (χ4v) is 2.95. The number of halogens is 1. The lowest BCUT2D eigenvalue weighted by atomic mass is 10.0. The van der Waals surface area contributed by atoms with Crippen LogP contribution < -0.4 is 0 Å². The van der Waals surface area contributed by atoms with Gasteiger partial charge in [-0.2, -0.15) is 0 Å². The van der Waals surface area contributed by atoms with Crippen molar-refractivity contribution in [2.24, 2.45) is 5.92 Å². The predicted octanol–water partition coefficient (Wildman–Crippen LogP) is 5.86. The van der Waals surface area contributed by atoms with Gasteiger partial charge in [0.2, 0.25) is 0 Å². The van der Waals surface area contributed by atoms with Crippen LogP contribution in [0.4, 0.5) is 0 Å². The highest BCUT2D eigenvalue weighted by atomic mass is 35.5. The maximum atomic E-state index is 12.0. The van der Waals surface area contributed by atoms with E-state index in [1.807, 2.05) is 48.5 Å². The molecule has 2 rings (SSSR count). The number of Topliss-reactive ketones (excluding diaryl/α,β-unsaturated/α-hetero) is 1. The van der Waals surface area contributed by atoms with Crippen molar-refractivity contribution in [1.29, 1.82) is 0 Å². The second-order valence-corrected chi connectivity index (χ2v) is 6.95. The van der Waals surface area contributed by atoms with Crippen LogP contribution in [-0.2, 0) is 5.75 Å². The Bertz CT molecular complexity index is 588. The van der Waals surface area contributed by atoms with Crippen molar-refractivity contribution in [3.8, 4) is 0 Å². The Kier molecular flexibility index (Phi) is 5.89. The van der Waals surface area contributed by atoms with Crippen LogP contribution in [0.15, 0.2) is 53.4 Å². The topological polar surface area (TPSA) is 17.1 Å². The third-order valence-electron chi connectivity index (χ3n) is 3.09. The molecule has 0 aliphatic carbocycles. The summed E-state index contributed by atoms with van der Waals surface area (Å²) in [5.41, 5.74) is 2.05. The van der Waals surface area contributed by atoms with E-state index in [0.717, 1.165) is 16.3 Å². The zero-order valence-electron chi connectivity index (χ0n) is 12.3. The molecule has 0 atom stereocenters. The molecule has 21 heavy (non-hydrogen) atoms. The highest BCUT2D eigenvalue weighted by molar-refractivity contribution is 7.98. The molecule has 0 heterocycles. The number of carbonyl (C=O) groups excluding carboxylic acids is 1. The van der Waals surface area contributed by atoms with Crippen LogP contribution >= 0.6 is 23.4 Å². The highest BCUT2D eigenvalue weighted by Crippen LogP contribution is 2.24. The second-order valence-electron chi connectivity index (χ2n) is 5.46. The molecule has 3 heteroatoms. The first kappa shape index (κ1) is 16.1. The lowest BCUT2D eigenvalue weighted by Gasteiger charge is -2.06. The largest absolute Gasteiger partial charge is 0.294 e. The van der Waals surface area contributed by atoms with E-state index in [9.17, 15) is 4.79 Å². The molecular formula is C18H19ClOS. The van der Waals surface area contributed by atoms with Gasteiger partial charge in [0, 0.05) is 27.7 Å². The Labute approximate surface area is 135 Å².